The van der Waals surface area contributed by atoms with E-state index >= 15 is 0 Å². The minimum absolute atomic E-state index is 0.0900. The minimum atomic E-state index is -3.27. The van der Waals surface area contributed by atoms with E-state index < -0.39 is 10.0 Å². The Morgan fingerprint density at radius 3 is 2.77 bits per heavy atom. The summed E-state index contributed by atoms with van der Waals surface area (Å²) >= 11 is 0. The van der Waals surface area contributed by atoms with E-state index in [1.807, 2.05) is 11.5 Å². The van der Waals surface area contributed by atoms with Gasteiger partial charge in [-0.2, -0.15) is 0 Å². The SMILES string of the molecule is C[C@@H](NC(=O)CCNS(C)(=O)=O)c1nncn1C1CCCC1. The summed E-state index contributed by atoms with van der Waals surface area (Å²) in [5.41, 5.74) is 0. The van der Waals surface area contributed by atoms with E-state index in [0.29, 0.717) is 6.04 Å². The van der Waals surface area contributed by atoms with Crippen LogP contribution in [0.5, 0.6) is 0 Å². The van der Waals surface area contributed by atoms with E-state index in [0.717, 1.165) is 24.9 Å². The van der Waals surface area contributed by atoms with Crippen molar-refractivity contribution in [2.24, 2.45) is 0 Å². The maximum atomic E-state index is 11.9. The second-order valence-electron chi connectivity index (χ2n) is 5.74. The molecule has 1 aliphatic carbocycles. The van der Waals surface area contributed by atoms with Crippen LogP contribution in [-0.2, 0) is 14.8 Å². The van der Waals surface area contributed by atoms with Gasteiger partial charge in [-0.25, -0.2) is 13.1 Å². The fraction of sp³-hybridized carbons (Fsp3) is 0.769. The number of carbonyl (C=O) groups is 1. The minimum Gasteiger partial charge on any atom is -0.346 e. The lowest BCUT2D eigenvalue weighted by Crippen LogP contribution is -2.32. The smallest absolute Gasteiger partial charge is 0.221 e. The molecule has 0 unspecified atom stereocenters. The van der Waals surface area contributed by atoms with Gasteiger partial charge in [0.1, 0.15) is 6.33 Å². The van der Waals surface area contributed by atoms with Crippen LogP contribution in [0.3, 0.4) is 0 Å². The fourth-order valence-corrected chi connectivity index (χ4v) is 3.23. The average Bonchev–Trinajstić information content (AvgIpc) is 3.08. The Labute approximate surface area is 130 Å². The lowest BCUT2D eigenvalue weighted by molar-refractivity contribution is -0.121. The molecule has 0 aliphatic heterocycles. The lowest BCUT2D eigenvalue weighted by Gasteiger charge is -2.18. The number of carbonyl (C=O) groups excluding carboxylic acids is 1. The molecule has 124 valence electrons. The molecule has 0 spiro atoms. The third-order valence-corrected chi connectivity index (χ3v) is 4.53. The van der Waals surface area contributed by atoms with Crippen molar-refractivity contribution < 1.29 is 13.2 Å². The van der Waals surface area contributed by atoms with Crippen molar-refractivity contribution in [2.75, 3.05) is 12.8 Å². The summed E-state index contributed by atoms with van der Waals surface area (Å²) in [6, 6.07) is 0.157. The maximum Gasteiger partial charge on any atom is 0.221 e. The molecule has 1 aliphatic rings. The highest BCUT2D eigenvalue weighted by molar-refractivity contribution is 7.88. The molecule has 1 amide bonds. The summed E-state index contributed by atoms with van der Waals surface area (Å²) < 4.78 is 26.2. The van der Waals surface area contributed by atoms with Gasteiger partial charge in [-0.3, -0.25) is 4.79 Å². The Hall–Kier alpha value is -1.48. The van der Waals surface area contributed by atoms with Crippen LogP contribution >= 0.6 is 0 Å². The Bertz CT molecular complexity index is 607. The van der Waals surface area contributed by atoms with Crippen LogP contribution in [0.15, 0.2) is 6.33 Å². The second-order valence-corrected chi connectivity index (χ2v) is 7.57. The van der Waals surface area contributed by atoms with Gasteiger partial charge in [-0.05, 0) is 19.8 Å². The number of nitrogens with zero attached hydrogens (tertiary/aromatic N) is 3. The van der Waals surface area contributed by atoms with Crippen molar-refractivity contribution in [3.8, 4) is 0 Å². The number of rotatable bonds is 7. The highest BCUT2D eigenvalue weighted by atomic mass is 32.2. The first-order chi connectivity index (χ1) is 10.4. The van der Waals surface area contributed by atoms with Crippen LogP contribution in [0.4, 0.5) is 0 Å². The zero-order valence-electron chi connectivity index (χ0n) is 12.9. The van der Waals surface area contributed by atoms with E-state index in [1.54, 1.807) is 6.33 Å². The first kappa shape index (κ1) is 16.9. The molecule has 1 aromatic heterocycles. The Morgan fingerprint density at radius 1 is 1.45 bits per heavy atom. The fourth-order valence-electron chi connectivity index (χ4n) is 2.75. The largest absolute Gasteiger partial charge is 0.346 e. The molecular weight excluding hydrogens is 306 g/mol. The topological polar surface area (TPSA) is 106 Å². The van der Waals surface area contributed by atoms with Gasteiger partial charge in [0.15, 0.2) is 5.82 Å². The van der Waals surface area contributed by atoms with Crippen molar-refractivity contribution >= 4 is 15.9 Å². The normalized spacial score (nSPS) is 17.5. The lowest BCUT2D eigenvalue weighted by atomic mass is 10.2. The summed E-state index contributed by atoms with van der Waals surface area (Å²) in [6.45, 7) is 1.95. The van der Waals surface area contributed by atoms with Gasteiger partial charge in [0.25, 0.3) is 0 Å². The van der Waals surface area contributed by atoms with E-state index in [2.05, 4.69) is 20.2 Å². The standard InChI is InChI=1S/C13H23N5O3S/c1-10(16-12(19)7-8-15-22(2,20)21)13-17-14-9-18(13)11-5-3-4-6-11/h9-11,15H,3-8H2,1-2H3,(H,16,19)/t10-/m1/s1. The summed E-state index contributed by atoms with van der Waals surface area (Å²) in [5, 5.41) is 10.9. The molecule has 0 saturated heterocycles. The third kappa shape index (κ3) is 4.77. The Morgan fingerprint density at radius 2 is 2.14 bits per heavy atom. The molecule has 0 aromatic carbocycles. The molecule has 1 fully saturated rings. The van der Waals surface area contributed by atoms with E-state index in [9.17, 15) is 13.2 Å². The summed E-state index contributed by atoms with van der Waals surface area (Å²) in [7, 11) is -3.27. The number of aromatic nitrogens is 3. The van der Waals surface area contributed by atoms with Gasteiger partial charge in [0, 0.05) is 19.0 Å². The van der Waals surface area contributed by atoms with E-state index in [1.165, 1.54) is 12.8 Å². The van der Waals surface area contributed by atoms with Crippen LogP contribution in [0.1, 0.15) is 56.9 Å². The predicted molar refractivity (Wildman–Crippen MR) is 81.5 cm³/mol. The van der Waals surface area contributed by atoms with Crippen molar-refractivity contribution in [2.45, 2.75) is 51.1 Å². The maximum absolute atomic E-state index is 11.9. The number of hydrogen-bond donors (Lipinski definition) is 2. The summed E-state index contributed by atoms with van der Waals surface area (Å²) in [4.78, 5) is 11.9. The van der Waals surface area contributed by atoms with E-state index in [4.69, 9.17) is 0 Å². The van der Waals surface area contributed by atoms with Crippen molar-refractivity contribution in [1.29, 1.82) is 0 Å². The molecule has 1 atom stereocenters. The van der Waals surface area contributed by atoms with Crippen LogP contribution in [0.2, 0.25) is 0 Å². The van der Waals surface area contributed by atoms with Crippen molar-refractivity contribution in [3.05, 3.63) is 12.2 Å². The first-order valence-corrected chi connectivity index (χ1v) is 9.39. The molecule has 0 radical (unpaired) electrons. The van der Waals surface area contributed by atoms with Gasteiger partial charge in [-0.15, -0.1) is 10.2 Å². The van der Waals surface area contributed by atoms with Gasteiger partial charge in [0.05, 0.1) is 12.3 Å². The molecular formula is C13H23N5O3S. The zero-order valence-corrected chi connectivity index (χ0v) is 13.8. The predicted octanol–water partition coefficient (Wildman–Crippen LogP) is 0.510. The molecule has 1 saturated carbocycles. The summed E-state index contributed by atoms with van der Waals surface area (Å²) in [5.74, 6) is 0.529. The van der Waals surface area contributed by atoms with Crippen molar-refractivity contribution in [1.82, 2.24) is 24.8 Å². The molecule has 1 heterocycles. The van der Waals surface area contributed by atoms with Crippen LogP contribution in [0, 0.1) is 0 Å². The van der Waals surface area contributed by atoms with Gasteiger partial charge in [-0.1, -0.05) is 12.8 Å². The Kier molecular flexibility index (Phi) is 5.52. The van der Waals surface area contributed by atoms with Crippen molar-refractivity contribution in [3.63, 3.8) is 0 Å². The highest BCUT2D eigenvalue weighted by Crippen LogP contribution is 2.31. The number of sulfonamides is 1. The number of amides is 1. The number of hydrogen-bond acceptors (Lipinski definition) is 5. The zero-order chi connectivity index (χ0) is 16.2. The van der Waals surface area contributed by atoms with Gasteiger partial charge >= 0.3 is 0 Å². The second kappa shape index (κ2) is 7.19. The molecule has 22 heavy (non-hydrogen) atoms. The van der Waals surface area contributed by atoms with Crippen LogP contribution < -0.4 is 10.0 Å². The Balaban J connectivity index is 1.88. The third-order valence-electron chi connectivity index (χ3n) is 3.80. The molecule has 8 nitrogen and oxygen atoms in total. The number of nitrogens with one attached hydrogen (secondary N) is 2. The van der Waals surface area contributed by atoms with Crippen LogP contribution in [0.25, 0.3) is 0 Å². The highest BCUT2D eigenvalue weighted by Gasteiger charge is 2.23. The monoisotopic (exact) mass is 329 g/mol. The quantitative estimate of drug-likeness (QED) is 0.758. The average molecular weight is 329 g/mol. The molecule has 0 bridgehead atoms. The summed E-state index contributed by atoms with van der Waals surface area (Å²) in [6.07, 6.45) is 7.53. The van der Waals surface area contributed by atoms with Crippen LogP contribution in [-0.4, -0.2) is 41.9 Å². The molecule has 2 N–H and O–H groups in total. The van der Waals surface area contributed by atoms with Gasteiger partial charge in [0.2, 0.25) is 15.9 Å². The molecule has 1 aromatic rings. The molecule has 9 heteroatoms. The van der Waals surface area contributed by atoms with E-state index in [-0.39, 0.29) is 24.9 Å². The molecule has 2 rings (SSSR count). The van der Waals surface area contributed by atoms with Gasteiger partial charge < -0.3 is 9.88 Å². The first-order valence-electron chi connectivity index (χ1n) is 7.50.